The highest BCUT2D eigenvalue weighted by atomic mass is 32.1. The predicted molar refractivity (Wildman–Crippen MR) is 590 cm³/mol. The van der Waals surface area contributed by atoms with Crippen LogP contribution in [0, 0.1) is 0 Å². The fraction of sp³-hybridized carbons (Fsp3) is 0.0308. The molecule has 10 nitrogen and oxygen atoms in total. The summed E-state index contributed by atoms with van der Waals surface area (Å²) in [6.07, 6.45) is 0. The van der Waals surface area contributed by atoms with Crippen LogP contribution in [0.25, 0.3) is 241 Å². The minimum absolute atomic E-state index is 0.169. The van der Waals surface area contributed by atoms with E-state index in [2.05, 4.69) is 481 Å². The summed E-state index contributed by atoms with van der Waals surface area (Å²) >= 11 is 3.63. The Kier molecular flexibility index (Phi) is 18.2. The van der Waals surface area contributed by atoms with Gasteiger partial charge in [-0.25, -0.2) is 29.9 Å². The zero-order chi connectivity index (χ0) is 93.6. The molecule has 30 rings (SSSR count). The molecule has 0 amide bonds. The Balaban J connectivity index is 0.000000137. The maximum Gasteiger partial charge on any atom is 0.164 e. The Labute approximate surface area is 824 Å². The third-order valence-electron chi connectivity index (χ3n) is 29.8. The van der Waals surface area contributed by atoms with Gasteiger partial charge in [-0.3, -0.25) is 0 Å². The first-order chi connectivity index (χ1) is 70.2. The van der Waals surface area contributed by atoms with Crippen LogP contribution < -0.4 is 0 Å². The van der Waals surface area contributed by atoms with Gasteiger partial charge in [-0.1, -0.05) is 360 Å². The first kappa shape index (κ1) is 81.3. The van der Waals surface area contributed by atoms with Gasteiger partial charge in [0, 0.05) is 145 Å². The molecule has 0 fully saturated rings. The van der Waals surface area contributed by atoms with Crippen molar-refractivity contribution in [1.29, 1.82) is 0 Å². The summed E-state index contributed by atoms with van der Waals surface area (Å²) in [4.78, 5) is 32.7. The molecule has 0 aliphatic heterocycles. The fourth-order valence-electron chi connectivity index (χ4n) is 23.6. The Morgan fingerprint density at radius 3 is 1.06 bits per heavy atom. The van der Waals surface area contributed by atoms with E-state index < -0.39 is 5.41 Å². The number of para-hydroxylation sites is 6. The van der Waals surface area contributed by atoms with Gasteiger partial charge in [-0.05, 0) is 171 Å². The number of nitrogens with zero attached hydrogens (tertiary/aromatic N) is 10. The maximum absolute atomic E-state index is 5.63. The molecule has 20 aromatic carbocycles. The average Bonchev–Trinajstić information content (AvgIpc) is 1.54. The monoisotopic (exact) mass is 1850 g/mol. The van der Waals surface area contributed by atoms with Crippen molar-refractivity contribution in [1.82, 2.24) is 48.2 Å². The average molecular weight is 1850 g/mol. The molecule has 8 heterocycles. The lowest BCUT2D eigenvalue weighted by atomic mass is 9.67. The lowest BCUT2D eigenvalue weighted by molar-refractivity contribution is 0.660. The Morgan fingerprint density at radius 2 is 0.549 bits per heavy atom. The minimum Gasteiger partial charge on any atom is -0.309 e. The minimum atomic E-state index is -0.581. The van der Waals surface area contributed by atoms with Crippen molar-refractivity contribution < 1.29 is 0 Å². The van der Waals surface area contributed by atoms with Crippen LogP contribution in [0.3, 0.4) is 0 Å². The van der Waals surface area contributed by atoms with E-state index in [4.69, 9.17) is 29.9 Å². The number of rotatable bonds is 12. The molecule has 2 aliphatic carbocycles. The van der Waals surface area contributed by atoms with Gasteiger partial charge in [0.1, 0.15) is 0 Å². The Hall–Kier alpha value is -17.9. The molecule has 0 N–H and O–H groups in total. The maximum atomic E-state index is 5.63. The summed E-state index contributed by atoms with van der Waals surface area (Å²) in [5.74, 6) is 3.79. The van der Waals surface area contributed by atoms with Crippen LogP contribution >= 0.6 is 22.7 Å². The highest BCUT2D eigenvalue weighted by molar-refractivity contribution is 7.26. The number of benzene rings is 20. The number of hydrogen-bond donors (Lipinski definition) is 0. The van der Waals surface area contributed by atoms with E-state index in [1.54, 1.807) is 0 Å². The van der Waals surface area contributed by atoms with E-state index in [-0.39, 0.29) is 5.41 Å². The number of thiophene rings is 2. The molecule has 0 radical (unpaired) electrons. The first-order valence-electron chi connectivity index (χ1n) is 48.4. The molecule has 2 aliphatic rings. The third-order valence-corrected chi connectivity index (χ3v) is 32.0. The van der Waals surface area contributed by atoms with Crippen LogP contribution in [-0.4, -0.2) is 48.2 Å². The van der Waals surface area contributed by atoms with Crippen LogP contribution in [0.5, 0.6) is 0 Å². The van der Waals surface area contributed by atoms with Gasteiger partial charge in [0.05, 0.1) is 49.5 Å². The summed E-state index contributed by atoms with van der Waals surface area (Å²) < 4.78 is 14.5. The molecule has 0 bridgehead atoms. The number of aromatic nitrogens is 10. The number of fused-ring (bicyclic) bond motifs is 25. The van der Waals surface area contributed by atoms with Gasteiger partial charge in [0.25, 0.3) is 0 Å². The van der Waals surface area contributed by atoms with E-state index in [1.807, 2.05) is 34.8 Å². The Bertz CT molecular complexity index is 10100. The molecule has 12 heteroatoms. The van der Waals surface area contributed by atoms with Gasteiger partial charge in [0.15, 0.2) is 34.9 Å². The molecule has 28 aromatic rings. The lowest BCUT2D eigenvalue weighted by Crippen LogP contribution is -2.28. The molecular weight excluding hydrogens is 1770 g/mol. The summed E-state index contributed by atoms with van der Waals surface area (Å²) in [6, 6.07) is 167. The highest BCUT2D eigenvalue weighted by Gasteiger charge is 2.47. The number of hydrogen-bond acceptors (Lipinski definition) is 8. The standard InChI is InChI=1S/C70H43N5S.C60H39N5S/c1-5-21-44(22-6-1)67-71-68(45-37-38-51-50-29-13-17-33-58(50)70(59(51)39-45,46-23-7-2-8-24-46)47-25-9-3-10-26-47)73-69(72-67)57-40-49(41-65-66(57)54-32-16-20-36-64(54)76-65)75-61-35-19-15-31-53(61)56-42-55-52-30-14-18-34-60(52)74(62(55)43-63(56)75)48-27-11-4-12-28-48;1-60(2)47-25-13-9-21-40(47)41-30-29-37(33-48(41)60)58-61-57(36-17-5-3-6-18-36)62-59(63-58)46-34-39(35-53-54(46)45-24-12-16-28-52(45)66-53)65-49-26-14-10-22-42(49)43-31-32-51-55(56(43)65)44-23-11-15-27-50(44)64(51)38-19-7-4-8-20-38/h1-43H;3-35H,1-2H3. The van der Waals surface area contributed by atoms with E-state index in [0.717, 1.165) is 99.2 Å². The van der Waals surface area contributed by atoms with Crippen molar-refractivity contribution in [2.75, 3.05) is 0 Å². The normalized spacial score (nSPS) is 13.0. The molecule has 0 saturated carbocycles. The molecule has 0 spiro atoms. The molecule has 142 heavy (non-hydrogen) atoms. The van der Waals surface area contributed by atoms with Crippen LogP contribution in [0.15, 0.2) is 461 Å². The molecule has 0 saturated heterocycles. The molecular formula is C130H82N10S2. The van der Waals surface area contributed by atoms with Gasteiger partial charge in [0.2, 0.25) is 0 Å². The van der Waals surface area contributed by atoms with Crippen molar-refractivity contribution in [3.05, 3.63) is 494 Å². The van der Waals surface area contributed by atoms with Crippen LogP contribution in [0.4, 0.5) is 0 Å². The predicted octanol–water partition coefficient (Wildman–Crippen LogP) is 33.5. The summed E-state index contributed by atoms with van der Waals surface area (Å²) in [6.45, 7) is 4.64. The van der Waals surface area contributed by atoms with Crippen molar-refractivity contribution >= 4 is 150 Å². The van der Waals surface area contributed by atoms with E-state index >= 15 is 0 Å². The molecule has 664 valence electrons. The first-order valence-corrected chi connectivity index (χ1v) is 50.0. The largest absolute Gasteiger partial charge is 0.309 e. The second-order valence-corrected chi connectivity index (χ2v) is 40.0. The van der Waals surface area contributed by atoms with Gasteiger partial charge < -0.3 is 18.3 Å². The molecule has 0 unspecified atom stereocenters. The van der Waals surface area contributed by atoms with Crippen LogP contribution in [-0.2, 0) is 10.8 Å². The van der Waals surface area contributed by atoms with Gasteiger partial charge in [-0.15, -0.1) is 22.7 Å². The highest BCUT2D eigenvalue weighted by Crippen LogP contribution is 2.58. The topological polar surface area (TPSA) is 97.1 Å². The second kappa shape index (κ2) is 31.8. The smallest absolute Gasteiger partial charge is 0.164 e. The van der Waals surface area contributed by atoms with Gasteiger partial charge in [-0.2, -0.15) is 0 Å². The summed E-state index contributed by atoms with van der Waals surface area (Å²) in [7, 11) is 0. The van der Waals surface area contributed by atoms with E-state index in [9.17, 15) is 0 Å². The van der Waals surface area contributed by atoms with Crippen molar-refractivity contribution in [2.24, 2.45) is 0 Å². The molecule has 0 atom stereocenters. The Morgan fingerprint density at radius 1 is 0.190 bits per heavy atom. The zero-order valence-corrected chi connectivity index (χ0v) is 78.8. The fourth-order valence-corrected chi connectivity index (χ4v) is 25.9. The lowest BCUT2D eigenvalue weighted by Gasteiger charge is -2.34. The quantitative estimate of drug-likeness (QED) is 0.121. The second-order valence-electron chi connectivity index (χ2n) is 37.8. The van der Waals surface area contributed by atoms with Gasteiger partial charge >= 0.3 is 0 Å². The van der Waals surface area contributed by atoms with E-state index in [1.165, 1.54) is 140 Å². The van der Waals surface area contributed by atoms with Crippen molar-refractivity contribution in [3.8, 4) is 113 Å². The third kappa shape index (κ3) is 12.3. The van der Waals surface area contributed by atoms with Crippen LogP contribution in [0.2, 0.25) is 0 Å². The zero-order valence-electron chi connectivity index (χ0n) is 77.2. The summed E-state index contributed by atoms with van der Waals surface area (Å²) in [5, 5.41) is 14.3. The van der Waals surface area contributed by atoms with Crippen LogP contribution in [0.1, 0.15) is 47.2 Å². The van der Waals surface area contributed by atoms with E-state index in [0.29, 0.717) is 34.9 Å². The summed E-state index contributed by atoms with van der Waals surface area (Å²) in [5.41, 5.74) is 31.0. The van der Waals surface area contributed by atoms with Crippen molar-refractivity contribution in [3.63, 3.8) is 0 Å². The van der Waals surface area contributed by atoms with Crippen molar-refractivity contribution in [2.45, 2.75) is 24.7 Å². The SMILES string of the molecule is CC1(C)c2ccccc2-c2ccc(-c3nc(-c4ccccc4)nc(-c4cc(-n5c6ccccc6c6ccc7c(c8ccccc8n7-c7ccccc7)c65)cc5sc6ccccc6c45)n3)cc21.c1ccc(-c2nc(-c3ccc4c(c3)C(c3ccccc3)(c3ccccc3)c3ccccc3-4)nc(-c3cc(-n4c5ccccc5c5cc6c7ccccc7n(-c7ccccc7)c6cc54)cc4sc5ccccc5c34)n2)cc1. The molecule has 8 aromatic heterocycles.